The molecule has 0 saturated carbocycles. The maximum atomic E-state index is 13.3. The van der Waals surface area contributed by atoms with Crippen molar-refractivity contribution < 1.29 is 17.6 Å². The van der Waals surface area contributed by atoms with Crippen LogP contribution in [0.5, 0.6) is 0 Å². The minimum absolute atomic E-state index is 0.0584. The van der Waals surface area contributed by atoms with Crippen LogP contribution >= 0.6 is 15.9 Å². The molecule has 0 aliphatic carbocycles. The summed E-state index contributed by atoms with van der Waals surface area (Å²) in [7, 11) is 0. The predicted molar refractivity (Wildman–Crippen MR) is 100 cm³/mol. The van der Waals surface area contributed by atoms with Gasteiger partial charge in [0, 0.05) is 6.54 Å². The third-order valence-electron chi connectivity index (χ3n) is 3.94. The van der Waals surface area contributed by atoms with Gasteiger partial charge in [-0.25, -0.2) is 9.37 Å². The van der Waals surface area contributed by atoms with Gasteiger partial charge in [-0.2, -0.15) is 13.2 Å². The highest BCUT2D eigenvalue weighted by molar-refractivity contribution is 9.10. The molecule has 1 heterocycles. The van der Waals surface area contributed by atoms with E-state index in [1.54, 1.807) is 18.2 Å². The number of alkyl halides is 3. The number of benzene rings is 2. The molecule has 3 aromatic rings. The number of nitrogens with one attached hydrogen (secondary N) is 1. The zero-order chi connectivity index (χ0) is 20.3. The van der Waals surface area contributed by atoms with Crippen molar-refractivity contribution >= 4 is 21.7 Å². The van der Waals surface area contributed by atoms with Crippen LogP contribution in [0.3, 0.4) is 0 Å². The first-order valence-corrected chi connectivity index (χ1v) is 8.93. The first-order chi connectivity index (χ1) is 13.2. The quantitative estimate of drug-likeness (QED) is 0.560. The van der Waals surface area contributed by atoms with Gasteiger partial charge in [-0.15, -0.1) is 0 Å². The summed E-state index contributed by atoms with van der Waals surface area (Å²) in [6, 6.07) is 10.7. The SMILES string of the molecule is O=c1c(Br)c(NCc2cccc(C(F)(F)F)c2)ncn1Cc1cccc(F)c1. The molecule has 0 saturated heterocycles. The minimum Gasteiger partial charge on any atom is -0.365 e. The van der Waals surface area contributed by atoms with Crippen molar-refractivity contribution in [3.63, 3.8) is 0 Å². The van der Waals surface area contributed by atoms with Crippen LogP contribution in [0, 0.1) is 5.82 Å². The van der Waals surface area contributed by atoms with Crippen LogP contribution in [0.2, 0.25) is 0 Å². The molecule has 0 radical (unpaired) electrons. The molecule has 1 aromatic heterocycles. The van der Waals surface area contributed by atoms with E-state index in [0.29, 0.717) is 11.1 Å². The van der Waals surface area contributed by atoms with Crippen molar-refractivity contribution in [2.75, 3.05) is 5.32 Å². The second-order valence-electron chi connectivity index (χ2n) is 6.02. The third kappa shape index (κ3) is 4.78. The Kier molecular flexibility index (Phi) is 5.83. The zero-order valence-electron chi connectivity index (χ0n) is 14.3. The molecule has 0 fully saturated rings. The Labute approximate surface area is 166 Å². The molecule has 0 atom stereocenters. The molecule has 0 amide bonds. The summed E-state index contributed by atoms with van der Waals surface area (Å²) in [5.41, 5.74) is -0.150. The number of hydrogen-bond donors (Lipinski definition) is 1. The molecule has 1 N–H and O–H groups in total. The average Bonchev–Trinajstić information content (AvgIpc) is 2.64. The van der Waals surface area contributed by atoms with E-state index in [2.05, 4.69) is 26.2 Å². The van der Waals surface area contributed by atoms with Crippen LogP contribution < -0.4 is 10.9 Å². The molecule has 0 aliphatic rings. The number of aromatic nitrogens is 2. The van der Waals surface area contributed by atoms with E-state index in [1.807, 2.05) is 0 Å². The van der Waals surface area contributed by atoms with Crippen LogP contribution in [-0.4, -0.2) is 9.55 Å². The van der Waals surface area contributed by atoms with E-state index < -0.39 is 23.1 Å². The highest BCUT2D eigenvalue weighted by Crippen LogP contribution is 2.29. The molecular formula is C19H14BrF4N3O. The second kappa shape index (κ2) is 8.14. The molecule has 9 heteroatoms. The van der Waals surface area contributed by atoms with Crippen molar-refractivity contribution in [1.29, 1.82) is 0 Å². The molecule has 0 spiro atoms. The van der Waals surface area contributed by atoms with Gasteiger partial charge in [0.05, 0.1) is 12.1 Å². The van der Waals surface area contributed by atoms with E-state index >= 15 is 0 Å². The second-order valence-corrected chi connectivity index (χ2v) is 6.81. The van der Waals surface area contributed by atoms with Crippen molar-refractivity contribution in [3.8, 4) is 0 Å². The molecule has 2 aromatic carbocycles. The Bertz CT molecular complexity index is 1050. The van der Waals surface area contributed by atoms with E-state index in [1.165, 1.54) is 29.1 Å². The Morgan fingerprint density at radius 1 is 1.07 bits per heavy atom. The number of rotatable bonds is 5. The zero-order valence-corrected chi connectivity index (χ0v) is 15.9. The van der Waals surface area contributed by atoms with E-state index in [9.17, 15) is 22.4 Å². The van der Waals surface area contributed by atoms with Crippen molar-refractivity contribution in [1.82, 2.24) is 9.55 Å². The van der Waals surface area contributed by atoms with Gasteiger partial charge in [0.2, 0.25) is 0 Å². The molecule has 28 heavy (non-hydrogen) atoms. The first kappa shape index (κ1) is 20.1. The number of nitrogens with zero attached hydrogens (tertiary/aromatic N) is 2. The predicted octanol–water partition coefficient (Wildman–Crippen LogP) is 4.82. The van der Waals surface area contributed by atoms with Gasteiger partial charge >= 0.3 is 6.18 Å². The van der Waals surface area contributed by atoms with Gasteiger partial charge in [-0.05, 0) is 51.3 Å². The topological polar surface area (TPSA) is 46.9 Å². The fraction of sp³-hybridized carbons (Fsp3) is 0.158. The number of anilines is 1. The van der Waals surface area contributed by atoms with Crippen molar-refractivity contribution in [2.24, 2.45) is 0 Å². The summed E-state index contributed by atoms with van der Waals surface area (Å²) in [4.78, 5) is 16.6. The lowest BCUT2D eigenvalue weighted by Crippen LogP contribution is -2.23. The highest BCUT2D eigenvalue weighted by atomic mass is 79.9. The Morgan fingerprint density at radius 2 is 1.79 bits per heavy atom. The molecular weight excluding hydrogens is 442 g/mol. The smallest absolute Gasteiger partial charge is 0.365 e. The molecule has 146 valence electrons. The van der Waals surface area contributed by atoms with Crippen LogP contribution in [0.1, 0.15) is 16.7 Å². The maximum Gasteiger partial charge on any atom is 0.416 e. The molecule has 4 nitrogen and oxygen atoms in total. The van der Waals surface area contributed by atoms with Crippen LogP contribution in [0.4, 0.5) is 23.4 Å². The standard InChI is InChI=1S/C19H14BrF4N3O/c20-16-17(25-9-12-3-1-5-14(7-12)19(22,23)24)26-11-27(18(16)28)10-13-4-2-6-15(21)8-13/h1-8,11,25H,9-10H2. The van der Waals surface area contributed by atoms with Crippen LogP contribution in [0.25, 0.3) is 0 Å². The van der Waals surface area contributed by atoms with Crippen molar-refractivity contribution in [3.05, 3.63) is 92.2 Å². The Morgan fingerprint density at radius 3 is 2.50 bits per heavy atom. The minimum atomic E-state index is -4.42. The van der Waals surface area contributed by atoms with Gasteiger partial charge in [0.15, 0.2) is 0 Å². The fourth-order valence-corrected chi connectivity index (χ4v) is 3.05. The fourth-order valence-electron chi connectivity index (χ4n) is 2.58. The highest BCUT2D eigenvalue weighted by Gasteiger charge is 2.30. The number of hydrogen-bond acceptors (Lipinski definition) is 3. The van der Waals surface area contributed by atoms with Crippen molar-refractivity contribution in [2.45, 2.75) is 19.3 Å². The van der Waals surface area contributed by atoms with Gasteiger partial charge in [0.1, 0.15) is 22.4 Å². The summed E-state index contributed by atoms with van der Waals surface area (Å²) in [6.07, 6.45) is -3.13. The summed E-state index contributed by atoms with van der Waals surface area (Å²) >= 11 is 3.17. The summed E-state index contributed by atoms with van der Waals surface area (Å²) in [5, 5.41) is 2.85. The summed E-state index contributed by atoms with van der Waals surface area (Å²) < 4.78 is 53.1. The first-order valence-electron chi connectivity index (χ1n) is 8.13. The van der Waals surface area contributed by atoms with Gasteiger partial charge in [-0.1, -0.05) is 24.3 Å². The monoisotopic (exact) mass is 455 g/mol. The lowest BCUT2D eigenvalue weighted by molar-refractivity contribution is -0.137. The van der Waals surface area contributed by atoms with Gasteiger partial charge in [-0.3, -0.25) is 9.36 Å². The van der Waals surface area contributed by atoms with E-state index in [0.717, 1.165) is 12.1 Å². The summed E-state index contributed by atoms with van der Waals surface area (Å²) in [5.74, 6) is -0.199. The van der Waals surface area contributed by atoms with Gasteiger partial charge < -0.3 is 5.32 Å². The molecule has 0 unspecified atom stereocenters. The number of halogens is 5. The largest absolute Gasteiger partial charge is 0.416 e. The molecule has 0 bridgehead atoms. The van der Waals surface area contributed by atoms with Crippen LogP contribution in [-0.2, 0) is 19.3 Å². The van der Waals surface area contributed by atoms with E-state index in [-0.39, 0.29) is 23.4 Å². The lowest BCUT2D eigenvalue weighted by atomic mass is 10.1. The van der Waals surface area contributed by atoms with Crippen LogP contribution in [0.15, 0.2) is 64.1 Å². The van der Waals surface area contributed by atoms with Gasteiger partial charge in [0.25, 0.3) is 5.56 Å². The maximum absolute atomic E-state index is 13.3. The average molecular weight is 456 g/mol. The summed E-state index contributed by atoms with van der Waals surface area (Å²) in [6.45, 7) is 0.193. The van der Waals surface area contributed by atoms with E-state index in [4.69, 9.17) is 0 Å². The lowest BCUT2D eigenvalue weighted by Gasteiger charge is -2.12. The Balaban J connectivity index is 1.76. The molecule has 3 rings (SSSR count). The molecule has 0 aliphatic heterocycles. The Hall–Kier alpha value is -2.68. The third-order valence-corrected chi connectivity index (χ3v) is 4.65. The normalized spacial score (nSPS) is 11.5.